The Hall–Kier alpha value is -3.73. The summed E-state index contributed by atoms with van der Waals surface area (Å²) in [6.07, 6.45) is 1.88. The van der Waals surface area contributed by atoms with Crippen LogP contribution in [0.4, 0.5) is 5.69 Å². The van der Waals surface area contributed by atoms with Gasteiger partial charge in [-0.05, 0) is 48.0 Å². The number of aromatic nitrogens is 2. The molecule has 0 fully saturated rings. The van der Waals surface area contributed by atoms with E-state index in [1.807, 2.05) is 67.0 Å². The summed E-state index contributed by atoms with van der Waals surface area (Å²) in [7, 11) is 3.28. The van der Waals surface area contributed by atoms with E-state index in [9.17, 15) is 0 Å². The minimum Gasteiger partial charge on any atom is -0.497 e. The molecule has 29 heavy (non-hydrogen) atoms. The molecule has 0 spiro atoms. The van der Waals surface area contributed by atoms with Gasteiger partial charge in [0, 0.05) is 17.7 Å². The third-order valence-corrected chi connectivity index (χ3v) is 4.90. The van der Waals surface area contributed by atoms with Crippen molar-refractivity contribution < 1.29 is 9.47 Å². The monoisotopic (exact) mass is 385 g/mol. The molecular formula is C24H23N3O2. The largest absolute Gasteiger partial charge is 0.497 e. The average Bonchev–Trinajstić information content (AvgIpc) is 3.18. The highest BCUT2D eigenvalue weighted by atomic mass is 16.5. The van der Waals surface area contributed by atoms with Crippen LogP contribution in [0.2, 0.25) is 0 Å². The van der Waals surface area contributed by atoms with Crippen LogP contribution in [0, 0.1) is 0 Å². The Balaban J connectivity index is 1.83. The molecule has 0 amide bonds. The van der Waals surface area contributed by atoms with Gasteiger partial charge in [0.2, 0.25) is 0 Å². The Bertz CT molecular complexity index is 1100. The maximum absolute atomic E-state index is 6.15. The molecule has 0 bridgehead atoms. The third-order valence-electron chi connectivity index (χ3n) is 4.90. The lowest BCUT2D eigenvalue weighted by atomic mass is 10.0. The van der Waals surface area contributed by atoms with Crippen molar-refractivity contribution in [1.82, 2.24) is 9.55 Å². The molecule has 4 rings (SSSR count). The molecule has 1 heterocycles. The summed E-state index contributed by atoms with van der Waals surface area (Å²) in [4.78, 5) is 4.73. The molecule has 2 N–H and O–H groups in total. The summed E-state index contributed by atoms with van der Waals surface area (Å²) < 4.78 is 12.8. The van der Waals surface area contributed by atoms with Crippen molar-refractivity contribution in [2.24, 2.45) is 0 Å². The predicted octanol–water partition coefficient (Wildman–Crippen LogP) is 4.86. The fourth-order valence-corrected chi connectivity index (χ4v) is 3.43. The number of rotatable bonds is 6. The first-order chi connectivity index (χ1) is 14.2. The molecule has 0 aliphatic rings. The highest BCUT2D eigenvalue weighted by Gasteiger charge is 2.16. The van der Waals surface area contributed by atoms with Gasteiger partial charge in [-0.2, -0.15) is 0 Å². The van der Waals surface area contributed by atoms with Gasteiger partial charge in [0.15, 0.2) is 0 Å². The van der Waals surface area contributed by atoms with Gasteiger partial charge in [0.1, 0.15) is 11.5 Å². The Morgan fingerprint density at radius 3 is 2.24 bits per heavy atom. The van der Waals surface area contributed by atoms with Crippen LogP contribution in [0.1, 0.15) is 5.56 Å². The molecule has 5 heteroatoms. The first-order valence-electron chi connectivity index (χ1n) is 9.37. The van der Waals surface area contributed by atoms with Gasteiger partial charge >= 0.3 is 0 Å². The van der Waals surface area contributed by atoms with Crippen molar-refractivity contribution in [3.8, 4) is 34.0 Å². The predicted molar refractivity (Wildman–Crippen MR) is 116 cm³/mol. The minimum absolute atomic E-state index is 0.586. The van der Waals surface area contributed by atoms with E-state index in [1.165, 1.54) is 5.56 Å². The van der Waals surface area contributed by atoms with Gasteiger partial charge in [0.25, 0.3) is 0 Å². The number of imidazole rings is 1. The summed E-state index contributed by atoms with van der Waals surface area (Å²) in [5.74, 6) is 1.47. The van der Waals surface area contributed by atoms with Crippen molar-refractivity contribution in [3.05, 3.63) is 84.7 Å². The number of hydrogen-bond donors (Lipinski definition) is 1. The van der Waals surface area contributed by atoms with Gasteiger partial charge in [-0.15, -0.1) is 0 Å². The fraction of sp³-hybridized carbons (Fsp3) is 0.125. The van der Waals surface area contributed by atoms with Crippen LogP contribution < -0.4 is 15.2 Å². The van der Waals surface area contributed by atoms with E-state index in [2.05, 4.69) is 16.7 Å². The molecule has 0 unspecified atom stereocenters. The summed E-state index contributed by atoms with van der Waals surface area (Å²) in [5.41, 5.74) is 11.9. The maximum atomic E-state index is 6.15. The average molecular weight is 385 g/mol. The molecule has 3 aromatic carbocycles. The Labute approximate surface area is 170 Å². The quantitative estimate of drug-likeness (QED) is 0.481. The standard InChI is InChI=1S/C24H23N3O2/c1-28-20-11-8-18(9-12-20)24-23(19-10-13-22(29-2)21(25)14-19)26-16-27(24)15-17-6-4-3-5-7-17/h3-14,16H,15,25H2,1-2H3. The zero-order valence-corrected chi connectivity index (χ0v) is 16.5. The number of ether oxygens (including phenoxy) is 2. The van der Waals surface area contributed by atoms with E-state index < -0.39 is 0 Å². The molecule has 0 aliphatic heterocycles. The van der Waals surface area contributed by atoms with E-state index in [0.717, 1.165) is 34.8 Å². The number of nitrogens with two attached hydrogens (primary N) is 1. The molecule has 0 aliphatic carbocycles. The highest BCUT2D eigenvalue weighted by molar-refractivity contribution is 5.81. The van der Waals surface area contributed by atoms with E-state index in [4.69, 9.17) is 20.2 Å². The van der Waals surface area contributed by atoms with Crippen molar-refractivity contribution in [2.75, 3.05) is 20.0 Å². The van der Waals surface area contributed by atoms with Gasteiger partial charge in [0.05, 0.1) is 37.6 Å². The molecule has 5 nitrogen and oxygen atoms in total. The van der Waals surface area contributed by atoms with E-state index >= 15 is 0 Å². The van der Waals surface area contributed by atoms with Crippen LogP contribution in [0.5, 0.6) is 11.5 Å². The lowest BCUT2D eigenvalue weighted by molar-refractivity contribution is 0.415. The second kappa shape index (κ2) is 8.10. The van der Waals surface area contributed by atoms with Gasteiger partial charge in [-0.3, -0.25) is 0 Å². The summed E-state index contributed by atoms with van der Waals surface area (Å²) in [5, 5.41) is 0. The molecule has 0 radical (unpaired) electrons. The van der Waals surface area contributed by atoms with Gasteiger partial charge < -0.3 is 19.8 Å². The number of nitrogens with zero attached hydrogens (tertiary/aromatic N) is 2. The number of benzene rings is 3. The topological polar surface area (TPSA) is 62.3 Å². The summed E-state index contributed by atoms with van der Waals surface area (Å²) in [6, 6.07) is 24.1. The summed E-state index contributed by atoms with van der Waals surface area (Å²) >= 11 is 0. The van der Waals surface area contributed by atoms with Crippen LogP contribution in [-0.2, 0) is 6.54 Å². The zero-order valence-electron chi connectivity index (χ0n) is 16.5. The molecule has 0 saturated heterocycles. The molecule has 1 aromatic heterocycles. The Kier molecular flexibility index (Phi) is 5.20. The number of nitrogen functional groups attached to an aromatic ring is 1. The van der Waals surface area contributed by atoms with Gasteiger partial charge in [-0.1, -0.05) is 30.3 Å². The van der Waals surface area contributed by atoms with E-state index in [1.54, 1.807) is 14.2 Å². The van der Waals surface area contributed by atoms with Crippen LogP contribution in [0.15, 0.2) is 79.1 Å². The van der Waals surface area contributed by atoms with Crippen LogP contribution in [0.3, 0.4) is 0 Å². The second-order valence-electron chi connectivity index (χ2n) is 6.74. The molecule has 0 atom stereocenters. The van der Waals surface area contributed by atoms with Crippen molar-refractivity contribution in [2.45, 2.75) is 6.54 Å². The maximum Gasteiger partial charge on any atom is 0.141 e. The first kappa shape index (κ1) is 18.6. The summed E-state index contributed by atoms with van der Waals surface area (Å²) in [6.45, 7) is 0.723. The van der Waals surface area contributed by atoms with Crippen LogP contribution in [0.25, 0.3) is 22.5 Å². The third kappa shape index (κ3) is 3.80. The van der Waals surface area contributed by atoms with Crippen molar-refractivity contribution >= 4 is 5.69 Å². The number of hydrogen-bond acceptors (Lipinski definition) is 4. The lowest BCUT2D eigenvalue weighted by Gasteiger charge is -2.12. The molecule has 0 saturated carbocycles. The van der Waals surface area contributed by atoms with E-state index in [0.29, 0.717) is 11.4 Å². The second-order valence-corrected chi connectivity index (χ2v) is 6.74. The lowest BCUT2D eigenvalue weighted by Crippen LogP contribution is -2.01. The molecular weight excluding hydrogens is 362 g/mol. The van der Waals surface area contributed by atoms with Gasteiger partial charge in [-0.25, -0.2) is 4.98 Å². The Morgan fingerprint density at radius 2 is 1.59 bits per heavy atom. The van der Waals surface area contributed by atoms with E-state index in [-0.39, 0.29) is 0 Å². The SMILES string of the molecule is COc1ccc(-c2c(-c3ccc(OC)c(N)c3)ncn2Cc2ccccc2)cc1. The van der Waals surface area contributed by atoms with Crippen LogP contribution in [-0.4, -0.2) is 23.8 Å². The normalized spacial score (nSPS) is 10.7. The molecule has 4 aromatic rings. The van der Waals surface area contributed by atoms with Crippen molar-refractivity contribution in [3.63, 3.8) is 0 Å². The fourth-order valence-electron chi connectivity index (χ4n) is 3.43. The smallest absolute Gasteiger partial charge is 0.141 e. The number of methoxy groups -OCH3 is 2. The zero-order chi connectivity index (χ0) is 20.2. The first-order valence-corrected chi connectivity index (χ1v) is 9.37. The highest BCUT2D eigenvalue weighted by Crippen LogP contribution is 2.35. The Morgan fingerprint density at radius 1 is 0.862 bits per heavy atom. The minimum atomic E-state index is 0.586. The number of anilines is 1. The molecule has 146 valence electrons. The van der Waals surface area contributed by atoms with Crippen LogP contribution >= 0.6 is 0 Å². The van der Waals surface area contributed by atoms with Crippen molar-refractivity contribution in [1.29, 1.82) is 0 Å².